The maximum Gasteiger partial charge on any atom is 0.275 e. The highest BCUT2D eigenvalue weighted by Crippen LogP contribution is 2.18. The number of nitrogens with one attached hydrogen (secondary N) is 2. The normalized spacial score (nSPS) is 11.1. The Bertz CT molecular complexity index is 842. The number of carbonyl (C=O) groups excluding carboxylic acids is 1. The molecule has 0 radical (unpaired) electrons. The van der Waals surface area contributed by atoms with Gasteiger partial charge in [-0.3, -0.25) is 9.59 Å². The van der Waals surface area contributed by atoms with Crippen LogP contribution in [0.5, 0.6) is 0 Å². The number of hydrogen-bond acceptors (Lipinski definition) is 5. The van der Waals surface area contributed by atoms with E-state index in [1.807, 2.05) is 0 Å². The summed E-state index contributed by atoms with van der Waals surface area (Å²) in [5.41, 5.74) is -0.875. The first-order valence-corrected chi connectivity index (χ1v) is 7.00. The molecule has 8 nitrogen and oxygen atoms in total. The number of hydrogen-bond donors (Lipinski definition) is 3. The number of halogens is 1. The minimum absolute atomic E-state index is 0.135. The van der Waals surface area contributed by atoms with Crippen LogP contribution in [0.1, 0.15) is 10.5 Å². The van der Waals surface area contributed by atoms with Gasteiger partial charge in [0, 0.05) is 6.20 Å². The van der Waals surface area contributed by atoms with Crippen LogP contribution in [0.25, 0.3) is 0 Å². The molecule has 2 aromatic rings. The summed E-state index contributed by atoms with van der Waals surface area (Å²) in [6, 6.07) is 2.79. The summed E-state index contributed by atoms with van der Waals surface area (Å²) in [5.74, 6) is -1.74. The lowest BCUT2D eigenvalue weighted by molar-refractivity contribution is 0.102. The maximum absolute atomic E-state index is 13.7. The topological polar surface area (TPSA) is 135 Å². The van der Waals surface area contributed by atoms with Crippen molar-refractivity contribution < 1.29 is 17.6 Å². The smallest absolute Gasteiger partial charge is 0.275 e. The second-order valence-corrected chi connectivity index (χ2v) is 5.50. The number of H-pyrrole nitrogens is 1. The fourth-order valence-electron chi connectivity index (χ4n) is 1.43. The van der Waals surface area contributed by atoms with Gasteiger partial charge >= 0.3 is 0 Å². The molecule has 1 heterocycles. The summed E-state index contributed by atoms with van der Waals surface area (Å²) in [4.78, 5) is 28.0. The van der Waals surface area contributed by atoms with Crippen LogP contribution in [-0.2, 0) is 10.0 Å². The van der Waals surface area contributed by atoms with E-state index in [2.05, 4.69) is 15.3 Å². The molecule has 0 unspecified atom stereocenters. The molecule has 0 saturated heterocycles. The van der Waals surface area contributed by atoms with Gasteiger partial charge in [0.05, 0.1) is 16.8 Å². The molecule has 0 fully saturated rings. The first kappa shape index (κ1) is 14.8. The van der Waals surface area contributed by atoms with E-state index in [4.69, 9.17) is 5.14 Å². The van der Waals surface area contributed by atoms with Crippen LogP contribution >= 0.6 is 0 Å². The molecule has 110 valence electrons. The van der Waals surface area contributed by atoms with Gasteiger partial charge in [-0.25, -0.2) is 22.9 Å². The fourth-order valence-corrected chi connectivity index (χ4v) is 1.95. The number of carbonyl (C=O) groups is 1. The molecule has 1 aromatic heterocycles. The summed E-state index contributed by atoms with van der Waals surface area (Å²) < 4.78 is 35.8. The lowest BCUT2D eigenvalue weighted by Gasteiger charge is -2.07. The Kier molecular flexibility index (Phi) is 3.82. The third-order valence-electron chi connectivity index (χ3n) is 2.42. The van der Waals surface area contributed by atoms with Crippen molar-refractivity contribution in [3.05, 3.63) is 52.5 Å². The molecule has 0 spiro atoms. The van der Waals surface area contributed by atoms with Gasteiger partial charge < -0.3 is 10.3 Å². The van der Waals surface area contributed by atoms with Crippen molar-refractivity contribution in [1.82, 2.24) is 9.97 Å². The van der Waals surface area contributed by atoms with Crippen LogP contribution in [0.4, 0.5) is 10.1 Å². The largest absolute Gasteiger partial charge is 0.325 e. The minimum atomic E-state index is -4.03. The first-order chi connectivity index (χ1) is 9.77. The minimum Gasteiger partial charge on any atom is -0.325 e. The number of sulfonamides is 1. The van der Waals surface area contributed by atoms with Gasteiger partial charge in [-0.1, -0.05) is 0 Å². The van der Waals surface area contributed by atoms with Crippen molar-refractivity contribution in [2.75, 3.05) is 5.32 Å². The number of anilines is 1. The van der Waals surface area contributed by atoms with E-state index in [9.17, 15) is 22.4 Å². The molecule has 0 saturated carbocycles. The number of aromatic amines is 1. The standard InChI is InChI=1S/C11H9FN4O4S/c12-7-3-6(21(13,19)20)1-2-8(7)16-11(18)9-4-15-10(17)5-14-9/h1-5H,(H,15,17)(H,16,18)(H2,13,19,20). The van der Waals surface area contributed by atoms with Gasteiger partial charge in [0.1, 0.15) is 11.5 Å². The van der Waals surface area contributed by atoms with Crippen LogP contribution in [0.3, 0.4) is 0 Å². The van der Waals surface area contributed by atoms with Crippen LogP contribution in [-0.4, -0.2) is 24.3 Å². The van der Waals surface area contributed by atoms with Crippen LogP contribution in [0, 0.1) is 5.82 Å². The molecule has 0 atom stereocenters. The van der Waals surface area contributed by atoms with Crippen molar-refractivity contribution in [3.8, 4) is 0 Å². The number of nitrogens with zero attached hydrogens (tertiary/aromatic N) is 1. The number of benzene rings is 1. The van der Waals surface area contributed by atoms with Crippen LogP contribution < -0.4 is 16.0 Å². The van der Waals surface area contributed by atoms with E-state index in [1.165, 1.54) is 0 Å². The average molecular weight is 312 g/mol. The van der Waals surface area contributed by atoms with Gasteiger partial charge in [0.25, 0.3) is 11.5 Å². The number of aromatic nitrogens is 2. The van der Waals surface area contributed by atoms with E-state index in [1.54, 1.807) is 0 Å². The quantitative estimate of drug-likeness (QED) is 0.722. The zero-order valence-electron chi connectivity index (χ0n) is 10.3. The molecule has 1 aromatic carbocycles. The summed E-state index contributed by atoms with van der Waals surface area (Å²) >= 11 is 0. The Morgan fingerprint density at radius 1 is 1.38 bits per heavy atom. The molecule has 1 amide bonds. The molecule has 0 bridgehead atoms. The van der Waals surface area contributed by atoms with Crippen molar-refractivity contribution in [1.29, 1.82) is 0 Å². The Balaban J connectivity index is 2.26. The molecule has 0 aliphatic carbocycles. The summed E-state index contributed by atoms with van der Waals surface area (Å²) in [5, 5.41) is 7.05. The molecule has 10 heteroatoms. The van der Waals surface area contributed by atoms with E-state index < -0.39 is 32.2 Å². The molecule has 2 rings (SSSR count). The number of rotatable bonds is 3. The maximum atomic E-state index is 13.7. The predicted molar refractivity (Wildman–Crippen MR) is 70.6 cm³/mol. The van der Waals surface area contributed by atoms with Gasteiger partial charge in [-0.2, -0.15) is 0 Å². The monoisotopic (exact) mass is 312 g/mol. The third kappa shape index (κ3) is 3.49. The number of nitrogens with two attached hydrogens (primary N) is 1. The summed E-state index contributed by atoms with van der Waals surface area (Å²) in [6.07, 6.45) is 1.96. The predicted octanol–water partition coefficient (Wildman–Crippen LogP) is -0.191. The third-order valence-corrected chi connectivity index (χ3v) is 3.33. The second kappa shape index (κ2) is 5.42. The van der Waals surface area contributed by atoms with Crippen molar-refractivity contribution in [3.63, 3.8) is 0 Å². The van der Waals surface area contributed by atoms with E-state index in [-0.39, 0.29) is 11.4 Å². The molecule has 0 aliphatic rings. The van der Waals surface area contributed by atoms with Gasteiger partial charge in [-0.05, 0) is 18.2 Å². The Labute approximate surface area is 117 Å². The molecular formula is C11H9FN4O4S. The zero-order valence-corrected chi connectivity index (χ0v) is 11.1. The Morgan fingerprint density at radius 2 is 2.10 bits per heavy atom. The van der Waals surface area contributed by atoms with Crippen LogP contribution in [0.15, 0.2) is 40.3 Å². The highest BCUT2D eigenvalue weighted by atomic mass is 32.2. The lowest BCUT2D eigenvalue weighted by atomic mass is 10.3. The van der Waals surface area contributed by atoms with E-state index >= 15 is 0 Å². The van der Waals surface area contributed by atoms with E-state index in [0.29, 0.717) is 6.07 Å². The lowest BCUT2D eigenvalue weighted by Crippen LogP contribution is -2.18. The Hall–Kier alpha value is -2.59. The van der Waals surface area contributed by atoms with Gasteiger partial charge in [-0.15, -0.1) is 0 Å². The summed E-state index contributed by atoms with van der Waals surface area (Å²) in [6.45, 7) is 0. The number of amides is 1. The van der Waals surface area contributed by atoms with Gasteiger partial charge in [0.2, 0.25) is 10.0 Å². The zero-order chi connectivity index (χ0) is 15.6. The van der Waals surface area contributed by atoms with Crippen LogP contribution in [0.2, 0.25) is 0 Å². The van der Waals surface area contributed by atoms with Gasteiger partial charge in [0.15, 0.2) is 0 Å². The molecule has 0 aliphatic heterocycles. The molecule has 21 heavy (non-hydrogen) atoms. The average Bonchev–Trinajstić information content (AvgIpc) is 2.40. The first-order valence-electron chi connectivity index (χ1n) is 5.46. The second-order valence-electron chi connectivity index (χ2n) is 3.94. The Morgan fingerprint density at radius 3 is 2.62 bits per heavy atom. The van der Waals surface area contributed by atoms with Crippen molar-refractivity contribution in [2.24, 2.45) is 5.14 Å². The highest BCUT2D eigenvalue weighted by molar-refractivity contribution is 7.89. The molecule has 4 N–H and O–H groups in total. The molecular weight excluding hydrogens is 303 g/mol. The van der Waals surface area contributed by atoms with E-state index in [0.717, 1.165) is 24.5 Å². The SMILES string of the molecule is NS(=O)(=O)c1ccc(NC(=O)c2c[nH]c(=O)cn2)c(F)c1. The fraction of sp³-hybridized carbons (Fsp3) is 0. The van der Waals surface area contributed by atoms with Crippen molar-refractivity contribution in [2.45, 2.75) is 4.90 Å². The highest BCUT2D eigenvalue weighted by Gasteiger charge is 2.14. The number of primary sulfonamides is 1. The van der Waals surface area contributed by atoms with Crippen molar-refractivity contribution >= 4 is 21.6 Å². The summed E-state index contributed by atoms with van der Waals surface area (Å²) in [7, 11) is -4.03.